The third kappa shape index (κ3) is 3.24. The van der Waals surface area contributed by atoms with Crippen LogP contribution in [-0.4, -0.2) is 31.6 Å². The van der Waals surface area contributed by atoms with Crippen LogP contribution < -0.4 is 10.1 Å². The highest BCUT2D eigenvalue weighted by Crippen LogP contribution is 2.26. The van der Waals surface area contributed by atoms with Gasteiger partial charge in [0.05, 0.1) is 29.0 Å². The van der Waals surface area contributed by atoms with E-state index in [0.717, 1.165) is 17.7 Å². The number of hydrogen-bond acceptors (Lipinski definition) is 5. The highest BCUT2D eigenvalue weighted by molar-refractivity contribution is 7.90. The lowest BCUT2D eigenvalue weighted by Crippen LogP contribution is -2.07. The molecule has 2 rings (SSSR count). The molecule has 120 valence electrons. The minimum atomic E-state index is -3.28. The molecule has 0 saturated heterocycles. The van der Waals surface area contributed by atoms with Crippen LogP contribution >= 0.6 is 0 Å². The highest BCUT2D eigenvalue weighted by atomic mass is 32.2. The molecule has 1 aromatic heterocycles. The zero-order valence-electron chi connectivity index (χ0n) is 13.3. The first-order valence-corrected chi connectivity index (χ1v) is 8.89. The molecule has 0 amide bonds. The zero-order chi connectivity index (χ0) is 16.3. The second kappa shape index (κ2) is 6.39. The standard InChI is InChI=1S/C15H21N3O3S/c1-5-12-11(15(21-3)18(2)17-12)10-16-13-8-6-7-9-14(13)22(4,19)20/h6-9,16H,5,10H2,1-4H3. The Hall–Kier alpha value is -2.02. The second-order valence-electron chi connectivity index (χ2n) is 5.03. The van der Waals surface area contributed by atoms with E-state index in [4.69, 9.17) is 4.74 Å². The fraction of sp³-hybridized carbons (Fsp3) is 0.400. The molecular weight excluding hydrogens is 302 g/mol. The van der Waals surface area contributed by atoms with Gasteiger partial charge in [0.1, 0.15) is 0 Å². The summed E-state index contributed by atoms with van der Waals surface area (Å²) in [7, 11) is 0.148. The van der Waals surface area contributed by atoms with E-state index in [1.165, 1.54) is 6.26 Å². The summed E-state index contributed by atoms with van der Waals surface area (Å²) >= 11 is 0. The number of aromatic nitrogens is 2. The summed E-state index contributed by atoms with van der Waals surface area (Å²) in [5.74, 6) is 0.682. The van der Waals surface area contributed by atoms with Crippen LogP contribution in [0.3, 0.4) is 0 Å². The van der Waals surface area contributed by atoms with Crippen molar-refractivity contribution >= 4 is 15.5 Å². The molecule has 0 bridgehead atoms. The summed E-state index contributed by atoms with van der Waals surface area (Å²) in [6.07, 6.45) is 1.98. The van der Waals surface area contributed by atoms with Crippen LogP contribution in [0.4, 0.5) is 5.69 Å². The Morgan fingerprint density at radius 1 is 1.32 bits per heavy atom. The SMILES string of the molecule is CCc1nn(C)c(OC)c1CNc1ccccc1S(C)(=O)=O. The number of rotatable bonds is 6. The Balaban J connectivity index is 2.32. The summed E-state index contributed by atoms with van der Waals surface area (Å²) in [5.41, 5.74) is 2.46. The van der Waals surface area contributed by atoms with E-state index in [1.807, 2.05) is 14.0 Å². The van der Waals surface area contributed by atoms with Crippen molar-refractivity contribution in [2.45, 2.75) is 24.8 Å². The van der Waals surface area contributed by atoms with Crippen LogP contribution in [0.15, 0.2) is 29.2 Å². The van der Waals surface area contributed by atoms with Crippen molar-refractivity contribution in [2.75, 3.05) is 18.7 Å². The summed E-state index contributed by atoms with van der Waals surface area (Å²) < 4.78 is 30.7. The molecule has 0 aliphatic rings. The van der Waals surface area contributed by atoms with Gasteiger partial charge in [-0.2, -0.15) is 5.10 Å². The second-order valence-corrected chi connectivity index (χ2v) is 7.02. The maximum absolute atomic E-state index is 11.8. The van der Waals surface area contributed by atoms with Gasteiger partial charge in [0.2, 0.25) is 5.88 Å². The third-order valence-electron chi connectivity index (χ3n) is 3.44. The predicted octanol–water partition coefficient (Wildman–Crippen LogP) is 2.01. The normalized spacial score (nSPS) is 11.5. The van der Waals surface area contributed by atoms with E-state index >= 15 is 0 Å². The molecule has 22 heavy (non-hydrogen) atoms. The monoisotopic (exact) mass is 323 g/mol. The van der Waals surface area contributed by atoms with E-state index in [0.29, 0.717) is 18.1 Å². The minimum absolute atomic E-state index is 0.288. The van der Waals surface area contributed by atoms with Crippen molar-refractivity contribution in [3.05, 3.63) is 35.5 Å². The number of anilines is 1. The van der Waals surface area contributed by atoms with Gasteiger partial charge in [-0.05, 0) is 18.6 Å². The Morgan fingerprint density at radius 2 is 2.00 bits per heavy atom. The van der Waals surface area contributed by atoms with Crippen molar-refractivity contribution in [1.82, 2.24) is 9.78 Å². The first-order chi connectivity index (χ1) is 10.4. The van der Waals surface area contributed by atoms with Crippen LogP contribution in [0, 0.1) is 0 Å². The molecule has 0 fully saturated rings. The lowest BCUT2D eigenvalue weighted by molar-refractivity contribution is 0.370. The third-order valence-corrected chi connectivity index (χ3v) is 4.60. The van der Waals surface area contributed by atoms with Gasteiger partial charge >= 0.3 is 0 Å². The molecule has 0 unspecified atom stereocenters. The lowest BCUT2D eigenvalue weighted by Gasteiger charge is -2.11. The van der Waals surface area contributed by atoms with Gasteiger partial charge < -0.3 is 10.1 Å². The van der Waals surface area contributed by atoms with Crippen LogP contribution in [-0.2, 0) is 29.9 Å². The number of ether oxygens (including phenoxy) is 1. The van der Waals surface area contributed by atoms with E-state index in [1.54, 1.807) is 36.1 Å². The number of methoxy groups -OCH3 is 1. The van der Waals surface area contributed by atoms with Gasteiger partial charge in [0, 0.05) is 19.8 Å². The summed E-state index contributed by atoms with van der Waals surface area (Å²) in [4.78, 5) is 0.288. The maximum Gasteiger partial charge on any atom is 0.216 e. The van der Waals surface area contributed by atoms with Crippen molar-refractivity contribution in [1.29, 1.82) is 0 Å². The molecule has 2 aromatic rings. The number of hydrogen-bond donors (Lipinski definition) is 1. The predicted molar refractivity (Wildman–Crippen MR) is 86.0 cm³/mol. The Labute approximate surface area is 131 Å². The Morgan fingerprint density at radius 3 is 2.59 bits per heavy atom. The molecule has 0 aliphatic carbocycles. The number of aryl methyl sites for hydroxylation is 2. The van der Waals surface area contributed by atoms with Gasteiger partial charge in [-0.1, -0.05) is 19.1 Å². The fourth-order valence-electron chi connectivity index (χ4n) is 2.44. The first kappa shape index (κ1) is 16.4. The van der Waals surface area contributed by atoms with E-state index in [9.17, 15) is 8.42 Å². The largest absolute Gasteiger partial charge is 0.481 e. The molecule has 0 atom stereocenters. The average Bonchev–Trinajstić information content (AvgIpc) is 2.79. The fourth-order valence-corrected chi connectivity index (χ4v) is 3.31. The van der Waals surface area contributed by atoms with Gasteiger partial charge in [0.25, 0.3) is 0 Å². The number of benzene rings is 1. The molecule has 0 saturated carbocycles. The van der Waals surface area contributed by atoms with Crippen molar-refractivity contribution in [2.24, 2.45) is 7.05 Å². The number of sulfone groups is 1. The summed E-state index contributed by atoms with van der Waals surface area (Å²) in [5, 5.41) is 7.60. The van der Waals surface area contributed by atoms with Crippen molar-refractivity contribution < 1.29 is 13.2 Å². The van der Waals surface area contributed by atoms with Crippen LogP contribution in [0.2, 0.25) is 0 Å². The van der Waals surface area contributed by atoms with Gasteiger partial charge in [-0.15, -0.1) is 0 Å². The lowest BCUT2D eigenvalue weighted by atomic mass is 10.2. The van der Waals surface area contributed by atoms with Gasteiger partial charge in [0.15, 0.2) is 9.84 Å². The highest BCUT2D eigenvalue weighted by Gasteiger charge is 2.17. The molecule has 0 aliphatic heterocycles. The smallest absolute Gasteiger partial charge is 0.216 e. The average molecular weight is 323 g/mol. The number of para-hydroxylation sites is 1. The van der Waals surface area contributed by atoms with Crippen molar-refractivity contribution in [3.8, 4) is 5.88 Å². The van der Waals surface area contributed by atoms with Crippen LogP contribution in [0.1, 0.15) is 18.2 Å². The summed E-state index contributed by atoms with van der Waals surface area (Å²) in [6, 6.07) is 6.87. The Kier molecular flexibility index (Phi) is 4.75. The maximum atomic E-state index is 11.8. The molecule has 0 spiro atoms. The topological polar surface area (TPSA) is 73.2 Å². The number of nitrogens with one attached hydrogen (secondary N) is 1. The molecule has 7 heteroatoms. The quantitative estimate of drug-likeness (QED) is 0.880. The van der Waals surface area contributed by atoms with Crippen LogP contribution in [0.25, 0.3) is 0 Å². The zero-order valence-corrected chi connectivity index (χ0v) is 14.1. The molecule has 0 radical (unpaired) electrons. The number of nitrogens with zero attached hydrogens (tertiary/aromatic N) is 2. The molecule has 1 heterocycles. The van der Waals surface area contributed by atoms with E-state index in [2.05, 4.69) is 10.4 Å². The van der Waals surface area contributed by atoms with Crippen LogP contribution in [0.5, 0.6) is 5.88 Å². The van der Waals surface area contributed by atoms with E-state index < -0.39 is 9.84 Å². The Bertz CT molecular complexity index is 766. The minimum Gasteiger partial charge on any atom is -0.481 e. The van der Waals surface area contributed by atoms with Gasteiger partial charge in [-0.25, -0.2) is 13.1 Å². The molecular formula is C15H21N3O3S. The molecule has 6 nitrogen and oxygen atoms in total. The molecule has 1 N–H and O–H groups in total. The molecule has 1 aromatic carbocycles. The first-order valence-electron chi connectivity index (χ1n) is 7.00. The van der Waals surface area contributed by atoms with Gasteiger partial charge in [-0.3, -0.25) is 0 Å². The summed E-state index contributed by atoms with van der Waals surface area (Å²) in [6.45, 7) is 2.47. The van der Waals surface area contributed by atoms with E-state index in [-0.39, 0.29) is 4.90 Å². The van der Waals surface area contributed by atoms with Crippen molar-refractivity contribution in [3.63, 3.8) is 0 Å².